The lowest BCUT2D eigenvalue weighted by atomic mass is 10.0. The summed E-state index contributed by atoms with van der Waals surface area (Å²) in [6, 6.07) is 10.9. The third-order valence-corrected chi connectivity index (χ3v) is 4.69. The van der Waals surface area contributed by atoms with Gasteiger partial charge in [0.05, 0.1) is 19.9 Å². The number of aromatic amines is 1. The SMILES string of the molecule is COc1cc(F)cc(Cn2ccc3cc(-c4cn[nH]c4C(F)F)ccc3c2=O)c1. The van der Waals surface area contributed by atoms with Crippen LogP contribution in [0.15, 0.2) is 59.7 Å². The van der Waals surface area contributed by atoms with Crippen LogP contribution < -0.4 is 10.3 Å². The first kappa shape index (κ1) is 18.8. The van der Waals surface area contributed by atoms with Crippen LogP contribution >= 0.6 is 0 Å². The Morgan fingerprint density at radius 2 is 2.00 bits per heavy atom. The van der Waals surface area contributed by atoms with Gasteiger partial charge in [-0.3, -0.25) is 9.89 Å². The number of fused-ring (bicyclic) bond motifs is 1. The molecule has 0 saturated carbocycles. The highest BCUT2D eigenvalue weighted by atomic mass is 19.3. The van der Waals surface area contributed by atoms with Crippen LogP contribution in [0, 0.1) is 5.82 Å². The molecule has 2 heterocycles. The lowest BCUT2D eigenvalue weighted by Crippen LogP contribution is -2.20. The molecule has 0 amide bonds. The topological polar surface area (TPSA) is 59.9 Å². The molecule has 0 saturated heterocycles. The van der Waals surface area contributed by atoms with Crippen LogP contribution in [0.3, 0.4) is 0 Å². The standard InChI is InChI=1S/C21H16F3N3O2/c1-29-16-7-12(6-15(22)9-16)11-27-5-4-14-8-13(2-3-17(14)21(27)28)18-10-25-26-19(18)20(23)24/h2-10,20H,11H2,1H3,(H,25,26). The maximum atomic E-state index is 13.7. The van der Waals surface area contributed by atoms with E-state index in [1.54, 1.807) is 36.5 Å². The Hall–Kier alpha value is -3.55. The molecule has 2 aromatic carbocycles. The molecule has 0 unspecified atom stereocenters. The number of pyridine rings is 1. The number of aromatic nitrogens is 3. The molecule has 0 aliphatic carbocycles. The number of nitrogens with zero attached hydrogens (tertiary/aromatic N) is 2. The van der Waals surface area contributed by atoms with Gasteiger partial charge in [0.1, 0.15) is 17.3 Å². The number of ether oxygens (including phenoxy) is 1. The van der Waals surface area contributed by atoms with Gasteiger partial charge in [-0.25, -0.2) is 13.2 Å². The molecule has 0 spiro atoms. The van der Waals surface area contributed by atoms with E-state index in [-0.39, 0.29) is 23.4 Å². The summed E-state index contributed by atoms with van der Waals surface area (Å²) < 4.78 is 46.4. The van der Waals surface area contributed by atoms with E-state index in [2.05, 4.69) is 10.2 Å². The molecular formula is C21H16F3N3O2. The Bertz CT molecular complexity index is 1250. The van der Waals surface area contributed by atoms with Crippen LogP contribution in [0.1, 0.15) is 17.7 Å². The zero-order chi connectivity index (χ0) is 20.5. The van der Waals surface area contributed by atoms with Gasteiger partial charge >= 0.3 is 0 Å². The van der Waals surface area contributed by atoms with Crippen molar-refractivity contribution in [1.82, 2.24) is 14.8 Å². The summed E-state index contributed by atoms with van der Waals surface area (Å²) in [6.07, 6.45) is 0.246. The van der Waals surface area contributed by atoms with E-state index >= 15 is 0 Å². The van der Waals surface area contributed by atoms with Crippen molar-refractivity contribution in [2.24, 2.45) is 0 Å². The Morgan fingerprint density at radius 1 is 1.17 bits per heavy atom. The molecule has 4 aromatic rings. The second kappa shape index (κ2) is 7.46. The number of benzene rings is 2. The third-order valence-electron chi connectivity index (χ3n) is 4.69. The van der Waals surface area contributed by atoms with Gasteiger partial charge in [-0.1, -0.05) is 6.07 Å². The van der Waals surface area contributed by atoms with Crippen LogP contribution in [-0.2, 0) is 6.54 Å². The van der Waals surface area contributed by atoms with E-state index in [4.69, 9.17) is 4.74 Å². The Morgan fingerprint density at radius 3 is 2.76 bits per heavy atom. The fourth-order valence-corrected chi connectivity index (χ4v) is 3.30. The Kier molecular flexibility index (Phi) is 4.84. The molecule has 2 aromatic heterocycles. The van der Waals surface area contributed by atoms with Gasteiger partial charge in [-0.2, -0.15) is 5.10 Å². The van der Waals surface area contributed by atoms with Crippen molar-refractivity contribution in [3.8, 4) is 16.9 Å². The van der Waals surface area contributed by atoms with E-state index in [9.17, 15) is 18.0 Å². The van der Waals surface area contributed by atoms with E-state index in [0.29, 0.717) is 27.6 Å². The second-order valence-corrected chi connectivity index (χ2v) is 6.55. The molecule has 29 heavy (non-hydrogen) atoms. The van der Waals surface area contributed by atoms with Gasteiger partial charge in [0.2, 0.25) is 0 Å². The smallest absolute Gasteiger partial charge is 0.280 e. The second-order valence-electron chi connectivity index (χ2n) is 6.55. The summed E-state index contributed by atoms with van der Waals surface area (Å²) in [7, 11) is 1.44. The van der Waals surface area contributed by atoms with E-state index < -0.39 is 12.2 Å². The Balaban J connectivity index is 1.72. The van der Waals surface area contributed by atoms with Crippen LogP contribution in [0.5, 0.6) is 5.75 Å². The average molecular weight is 399 g/mol. The highest BCUT2D eigenvalue weighted by Crippen LogP contribution is 2.30. The largest absolute Gasteiger partial charge is 0.497 e. The molecule has 0 aliphatic heterocycles. The Labute approximate surface area is 163 Å². The van der Waals surface area contributed by atoms with Crippen LogP contribution in [0.25, 0.3) is 21.9 Å². The third kappa shape index (κ3) is 3.61. The number of hydrogen-bond acceptors (Lipinski definition) is 3. The fourth-order valence-electron chi connectivity index (χ4n) is 3.30. The zero-order valence-electron chi connectivity index (χ0n) is 15.3. The van der Waals surface area contributed by atoms with E-state index in [1.807, 2.05) is 0 Å². The molecular weight excluding hydrogens is 383 g/mol. The van der Waals surface area contributed by atoms with Crippen molar-refractivity contribution >= 4 is 10.8 Å². The van der Waals surface area contributed by atoms with Gasteiger partial charge in [-0.15, -0.1) is 0 Å². The lowest BCUT2D eigenvalue weighted by molar-refractivity contribution is 0.146. The summed E-state index contributed by atoms with van der Waals surface area (Å²) in [6.45, 7) is 0.169. The van der Waals surface area contributed by atoms with Gasteiger partial charge in [0.15, 0.2) is 0 Å². The number of halogens is 3. The van der Waals surface area contributed by atoms with Gasteiger partial charge in [0, 0.05) is 23.2 Å². The number of alkyl halides is 2. The molecule has 5 nitrogen and oxygen atoms in total. The normalized spacial score (nSPS) is 11.3. The lowest BCUT2D eigenvalue weighted by Gasteiger charge is -2.10. The van der Waals surface area contributed by atoms with Crippen LogP contribution in [0.2, 0.25) is 0 Å². The quantitative estimate of drug-likeness (QED) is 0.537. The van der Waals surface area contributed by atoms with Crippen molar-refractivity contribution in [2.75, 3.05) is 7.11 Å². The number of methoxy groups -OCH3 is 1. The number of rotatable bonds is 5. The molecule has 0 fully saturated rings. The number of hydrogen-bond donors (Lipinski definition) is 1. The molecule has 4 rings (SSSR count). The van der Waals surface area contributed by atoms with Crippen molar-refractivity contribution in [2.45, 2.75) is 13.0 Å². The highest BCUT2D eigenvalue weighted by Gasteiger charge is 2.17. The maximum Gasteiger partial charge on any atom is 0.280 e. The molecule has 0 radical (unpaired) electrons. The fraction of sp³-hybridized carbons (Fsp3) is 0.143. The van der Waals surface area contributed by atoms with E-state index in [1.165, 1.54) is 30.0 Å². The maximum absolute atomic E-state index is 13.7. The minimum absolute atomic E-state index is 0.169. The average Bonchev–Trinajstić information content (AvgIpc) is 3.20. The van der Waals surface area contributed by atoms with Crippen LogP contribution in [0.4, 0.5) is 13.2 Å². The molecule has 148 valence electrons. The molecule has 0 bridgehead atoms. The van der Waals surface area contributed by atoms with Crippen molar-refractivity contribution in [1.29, 1.82) is 0 Å². The van der Waals surface area contributed by atoms with Crippen LogP contribution in [-0.4, -0.2) is 21.9 Å². The minimum Gasteiger partial charge on any atom is -0.497 e. The molecule has 0 atom stereocenters. The molecule has 8 heteroatoms. The number of nitrogens with one attached hydrogen (secondary N) is 1. The highest BCUT2D eigenvalue weighted by molar-refractivity contribution is 5.86. The van der Waals surface area contributed by atoms with Crippen molar-refractivity contribution in [3.05, 3.63) is 82.3 Å². The summed E-state index contributed by atoms with van der Waals surface area (Å²) in [4.78, 5) is 12.8. The van der Waals surface area contributed by atoms with Crippen molar-refractivity contribution in [3.63, 3.8) is 0 Å². The first-order valence-corrected chi connectivity index (χ1v) is 8.74. The predicted molar refractivity (Wildman–Crippen MR) is 103 cm³/mol. The first-order valence-electron chi connectivity index (χ1n) is 8.74. The van der Waals surface area contributed by atoms with E-state index in [0.717, 1.165) is 0 Å². The molecule has 1 N–H and O–H groups in total. The monoisotopic (exact) mass is 399 g/mol. The number of H-pyrrole nitrogens is 1. The first-order chi connectivity index (χ1) is 14.0. The van der Waals surface area contributed by atoms with Crippen molar-refractivity contribution < 1.29 is 17.9 Å². The zero-order valence-corrected chi connectivity index (χ0v) is 15.3. The van der Waals surface area contributed by atoms with Gasteiger partial charge in [0.25, 0.3) is 12.0 Å². The summed E-state index contributed by atoms with van der Waals surface area (Å²) in [5, 5.41) is 7.04. The summed E-state index contributed by atoms with van der Waals surface area (Å²) >= 11 is 0. The predicted octanol–water partition coefficient (Wildman–Crippen LogP) is 4.53. The van der Waals surface area contributed by atoms with Gasteiger partial charge < -0.3 is 9.30 Å². The van der Waals surface area contributed by atoms with Gasteiger partial charge in [-0.05, 0) is 46.8 Å². The minimum atomic E-state index is -2.68. The summed E-state index contributed by atoms with van der Waals surface area (Å²) in [5.74, 6) is -0.0822. The summed E-state index contributed by atoms with van der Waals surface area (Å²) in [5.41, 5.74) is 0.877. The molecule has 0 aliphatic rings.